The van der Waals surface area contributed by atoms with E-state index in [2.05, 4.69) is 10.2 Å². The predicted molar refractivity (Wildman–Crippen MR) is 23.9 cm³/mol. The van der Waals surface area contributed by atoms with Gasteiger partial charge in [0.25, 0.3) is 0 Å². The summed E-state index contributed by atoms with van der Waals surface area (Å²) >= 11 is 0. The van der Waals surface area contributed by atoms with E-state index in [1.54, 1.807) is 0 Å². The van der Waals surface area contributed by atoms with Gasteiger partial charge < -0.3 is 10.6 Å². The Morgan fingerprint density at radius 3 is 2.57 bits per heavy atom. The second-order valence-corrected chi connectivity index (χ2v) is 0.954. The summed E-state index contributed by atoms with van der Waals surface area (Å²) in [7, 11) is 0. The maximum absolute atomic E-state index is 9.17. The van der Waals surface area contributed by atoms with Crippen molar-refractivity contribution in [3.8, 4) is 0 Å². The molecule has 0 aromatic heterocycles. The Morgan fingerprint density at radius 1 is 1.86 bits per heavy atom. The normalized spacial score (nSPS) is 12.9. The van der Waals surface area contributed by atoms with E-state index in [0.717, 1.165) is 0 Å². The monoisotopic (exact) mass is 105 g/mol. The molecule has 0 radical (unpaired) electrons. The fraction of sp³-hybridized carbons (Fsp3) is 1.00. The second kappa shape index (κ2) is 3.51. The fourth-order valence-corrected chi connectivity index (χ4v) is 0.0983. The molecule has 0 saturated carbocycles. The molecular formula is C2H7N3O2. The van der Waals surface area contributed by atoms with Crippen LogP contribution in [0.5, 0.6) is 0 Å². The maximum atomic E-state index is 9.17. The van der Waals surface area contributed by atoms with Crippen LogP contribution < -0.4 is 11.5 Å². The second-order valence-electron chi connectivity index (χ2n) is 0.954. The summed E-state index contributed by atoms with van der Waals surface area (Å²) in [5.41, 5.74) is 9.85. The highest BCUT2D eigenvalue weighted by molar-refractivity contribution is 4.41. The highest BCUT2D eigenvalue weighted by Crippen LogP contribution is 1.75. The molecule has 42 valence electrons. The molecule has 0 aromatic rings. The number of nitrogens with two attached hydrogens (primary N) is 2. The fourth-order valence-electron chi connectivity index (χ4n) is 0.0983. The first-order valence-electron chi connectivity index (χ1n) is 1.75. The minimum absolute atomic E-state index is 0.103. The van der Waals surface area contributed by atoms with Crippen LogP contribution in [0.4, 0.5) is 0 Å². The van der Waals surface area contributed by atoms with Crippen molar-refractivity contribution in [1.82, 2.24) is 0 Å². The van der Waals surface area contributed by atoms with Crippen LogP contribution in [0.1, 0.15) is 0 Å². The minimum atomic E-state index is -0.752. The summed E-state index contributed by atoms with van der Waals surface area (Å²) in [5.74, 6) is 0. The van der Waals surface area contributed by atoms with Crippen molar-refractivity contribution in [2.75, 3.05) is 6.54 Å². The number of nitrogens with zero attached hydrogens (tertiary/aromatic N) is 1. The lowest BCUT2D eigenvalue weighted by atomic mass is 10.6. The Balaban J connectivity index is 2.98. The molecular weight excluding hydrogens is 98.0 g/mol. The molecule has 5 nitrogen and oxygen atoms in total. The van der Waals surface area contributed by atoms with Gasteiger partial charge in [-0.2, -0.15) is 0 Å². The van der Waals surface area contributed by atoms with Gasteiger partial charge in [-0.3, -0.25) is 5.73 Å². The van der Waals surface area contributed by atoms with Crippen LogP contribution in [0.3, 0.4) is 0 Å². The van der Waals surface area contributed by atoms with E-state index < -0.39 is 6.23 Å². The molecule has 1 unspecified atom stereocenters. The SMILES string of the molecule is NCC(N)ON=O. The Kier molecular flexibility index (Phi) is 3.17. The molecule has 0 saturated heterocycles. The molecule has 5 heteroatoms. The summed E-state index contributed by atoms with van der Waals surface area (Å²) in [5, 5.41) is 2.05. The third kappa shape index (κ3) is 3.14. The number of rotatable bonds is 3. The summed E-state index contributed by atoms with van der Waals surface area (Å²) in [6, 6.07) is 0. The van der Waals surface area contributed by atoms with Crippen molar-refractivity contribution >= 4 is 0 Å². The smallest absolute Gasteiger partial charge is 0.191 e. The van der Waals surface area contributed by atoms with Gasteiger partial charge in [0.05, 0.1) is 0 Å². The molecule has 0 amide bonds. The third-order valence-electron chi connectivity index (χ3n) is 0.411. The van der Waals surface area contributed by atoms with Crippen LogP contribution in [0.2, 0.25) is 0 Å². The topological polar surface area (TPSA) is 90.7 Å². The van der Waals surface area contributed by atoms with Gasteiger partial charge in [0, 0.05) is 6.54 Å². The Bertz CT molecular complexity index is 56.9. The molecule has 7 heavy (non-hydrogen) atoms. The first-order valence-corrected chi connectivity index (χ1v) is 1.75. The third-order valence-corrected chi connectivity index (χ3v) is 0.411. The van der Waals surface area contributed by atoms with Crippen molar-refractivity contribution in [3.63, 3.8) is 0 Å². The van der Waals surface area contributed by atoms with Crippen LogP contribution in [0, 0.1) is 4.91 Å². The summed E-state index contributed by atoms with van der Waals surface area (Å²) in [6.07, 6.45) is -0.752. The zero-order valence-electron chi connectivity index (χ0n) is 3.70. The van der Waals surface area contributed by atoms with Crippen LogP contribution in [-0.4, -0.2) is 12.8 Å². The first kappa shape index (κ1) is 6.32. The van der Waals surface area contributed by atoms with Gasteiger partial charge >= 0.3 is 0 Å². The quantitative estimate of drug-likeness (QED) is 0.271. The van der Waals surface area contributed by atoms with Crippen LogP contribution in [0.15, 0.2) is 5.34 Å². The molecule has 0 aliphatic carbocycles. The zero-order valence-corrected chi connectivity index (χ0v) is 3.70. The first-order chi connectivity index (χ1) is 3.31. The lowest BCUT2D eigenvalue weighted by molar-refractivity contribution is 0.0661. The Hall–Kier alpha value is -0.680. The molecule has 4 N–H and O–H groups in total. The van der Waals surface area contributed by atoms with E-state index >= 15 is 0 Å². The van der Waals surface area contributed by atoms with Crippen LogP contribution in [-0.2, 0) is 4.84 Å². The summed E-state index contributed by atoms with van der Waals surface area (Å²) in [6.45, 7) is 0.103. The van der Waals surface area contributed by atoms with Gasteiger partial charge in [-0.1, -0.05) is 0 Å². The van der Waals surface area contributed by atoms with E-state index in [9.17, 15) is 0 Å². The van der Waals surface area contributed by atoms with Crippen molar-refractivity contribution in [3.05, 3.63) is 4.91 Å². The van der Waals surface area contributed by atoms with Crippen molar-refractivity contribution < 1.29 is 4.84 Å². The van der Waals surface area contributed by atoms with E-state index in [1.165, 1.54) is 0 Å². The summed E-state index contributed by atoms with van der Waals surface area (Å²) in [4.78, 5) is 13.1. The summed E-state index contributed by atoms with van der Waals surface area (Å²) < 4.78 is 0. The predicted octanol–water partition coefficient (Wildman–Crippen LogP) is -1.07. The molecule has 0 bridgehead atoms. The minimum Gasteiger partial charge on any atom is -0.344 e. The molecule has 1 atom stereocenters. The van der Waals surface area contributed by atoms with Gasteiger partial charge in [0.2, 0.25) is 0 Å². The van der Waals surface area contributed by atoms with Crippen molar-refractivity contribution in [1.29, 1.82) is 0 Å². The highest BCUT2D eigenvalue weighted by atomic mass is 16.7. The lowest BCUT2D eigenvalue weighted by Crippen LogP contribution is -2.30. The average molecular weight is 105 g/mol. The Morgan fingerprint density at radius 2 is 2.43 bits per heavy atom. The largest absolute Gasteiger partial charge is 0.344 e. The van der Waals surface area contributed by atoms with Gasteiger partial charge in [-0.05, 0) is 0 Å². The van der Waals surface area contributed by atoms with E-state index in [0.29, 0.717) is 0 Å². The van der Waals surface area contributed by atoms with Gasteiger partial charge in [0.15, 0.2) is 11.6 Å². The molecule has 0 aliphatic heterocycles. The lowest BCUT2D eigenvalue weighted by Gasteiger charge is -1.99. The molecule has 0 spiro atoms. The maximum Gasteiger partial charge on any atom is 0.191 e. The molecule has 0 aromatic carbocycles. The van der Waals surface area contributed by atoms with E-state index in [4.69, 9.17) is 16.4 Å². The average Bonchev–Trinajstić information content (AvgIpc) is 1.68. The van der Waals surface area contributed by atoms with Crippen LogP contribution in [0.25, 0.3) is 0 Å². The standard InChI is InChI=1S/C2H7N3O2/c3-1-2(4)7-5-6/h2H,1,3-4H2. The molecule has 0 fully saturated rings. The van der Waals surface area contributed by atoms with Crippen molar-refractivity contribution in [2.45, 2.75) is 6.23 Å². The molecule has 0 rings (SSSR count). The van der Waals surface area contributed by atoms with E-state index in [1.807, 2.05) is 0 Å². The highest BCUT2D eigenvalue weighted by Gasteiger charge is 1.94. The number of hydrogen-bond acceptors (Lipinski definition) is 5. The Labute approximate surface area is 40.5 Å². The van der Waals surface area contributed by atoms with E-state index in [-0.39, 0.29) is 6.54 Å². The van der Waals surface area contributed by atoms with Gasteiger partial charge in [-0.25, -0.2) is 0 Å². The van der Waals surface area contributed by atoms with Crippen LogP contribution >= 0.6 is 0 Å². The van der Waals surface area contributed by atoms with Crippen molar-refractivity contribution in [2.24, 2.45) is 16.8 Å². The van der Waals surface area contributed by atoms with Gasteiger partial charge in [-0.15, -0.1) is 4.91 Å². The number of hydrogen-bond donors (Lipinski definition) is 2. The van der Waals surface area contributed by atoms with Gasteiger partial charge in [0.1, 0.15) is 0 Å². The zero-order chi connectivity index (χ0) is 5.70. The molecule has 0 heterocycles. The molecule has 0 aliphatic rings.